The van der Waals surface area contributed by atoms with Gasteiger partial charge in [-0.15, -0.1) is 0 Å². The molecule has 0 spiro atoms. The summed E-state index contributed by atoms with van der Waals surface area (Å²) in [7, 11) is 0. The summed E-state index contributed by atoms with van der Waals surface area (Å²) in [6, 6.07) is 73.4. The Labute approximate surface area is 334 Å². The van der Waals surface area contributed by atoms with Crippen LogP contribution in [-0.4, -0.2) is 8.97 Å². The number of pyridine rings is 1. The van der Waals surface area contributed by atoms with Crippen LogP contribution in [0.1, 0.15) is 0 Å². The zero-order valence-corrected chi connectivity index (χ0v) is 31.4. The maximum atomic E-state index is 14.2. The van der Waals surface area contributed by atoms with Crippen LogP contribution < -0.4 is 5.56 Å². The molecule has 0 amide bonds. The second-order valence-electron chi connectivity index (χ2n) is 15.3. The predicted molar refractivity (Wildman–Crippen MR) is 243 cm³/mol. The van der Waals surface area contributed by atoms with Gasteiger partial charge in [-0.2, -0.15) is 0 Å². The molecule has 58 heavy (non-hydrogen) atoms. The van der Waals surface area contributed by atoms with Crippen LogP contribution in [0.2, 0.25) is 0 Å². The first kappa shape index (κ1) is 32.5. The minimum atomic E-state index is 0.0162. The van der Waals surface area contributed by atoms with Crippen molar-refractivity contribution in [2.45, 2.75) is 0 Å². The summed E-state index contributed by atoms with van der Waals surface area (Å²) in [5.74, 6) is 0. The van der Waals surface area contributed by atoms with Crippen molar-refractivity contribution in [3.63, 3.8) is 0 Å². The van der Waals surface area contributed by atoms with Crippen LogP contribution in [0.15, 0.2) is 211 Å². The average molecular weight is 739 g/mol. The van der Waals surface area contributed by atoms with E-state index in [-0.39, 0.29) is 5.56 Å². The molecule has 3 heteroatoms. The van der Waals surface area contributed by atoms with Crippen molar-refractivity contribution in [1.29, 1.82) is 0 Å². The zero-order chi connectivity index (χ0) is 38.3. The molecule has 0 fully saturated rings. The molecule has 0 aliphatic heterocycles. The van der Waals surface area contributed by atoms with E-state index in [4.69, 9.17) is 0 Å². The molecule has 0 unspecified atom stereocenters. The fourth-order valence-corrected chi connectivity index (χ4v) is 9.31. The molecule has 3 nitrogen and oxygen atoms in total. The normalized spacial score (nSPS) is 11.9. The summed E-state index contributed by atoms with van der Waals surface area (Å²) < 4.78 is 4.34. The Kier molecular flexibility index (Phi) is 7.08. The quantitative estimate of drug-likeness (QED) is 0.162. The first-order chi connectivity index (χ1) is 28.7. The third kappa shape index (κ3) is 4.90. The maximum absolute atomic E-state index is 14.2. The molecule has 270 valence electrons. The van der Waals surface area contributed by atoms with Crippen LogP contribution in [0.4, 0.5) is 0 Å². The Morgan fingerprint density at radius 2 is 0.690 bits per heavy atom. The molecule has 0 N–H and O–H groups in total. The van der Waals surface area contributed by atoms with Gasteiger partial charge in [0.1, 0.15) is 0 Å². The minimum Gasteiger partial charge on any atom is -0.309 e. The lowest BCUT2D eigenvalue weighted by Crippen LogP contribution is -2.12. The number of hydrogen-bond acceptors (Lipinski definition) is 1. The number of hydrogen-bond donors (Lipinski definition) is 0. The van der Waals surface area contributed by atoms with Crippen molar-refractivity contribution in [3.8, 4) is 50.2 Å². The van der Waals surface area contributed by atoms with E-state index in [0.29, 0.717) is 0 Å². The molecule has 0 atom stereocenters. The molecule has 0 bridgehead atoms. The van der Waals surface area contributed by atoms with Gasteiger partial charge >= 0.3 is 0 Å². The van der Waals surface area contributed by atoms with Crippen molar-refractivity contribution in [2.75, 3.05) is 0 Å². The third-order valence-corrected chi connectivity index (χ3v) is 12.0. The zero-order valence-electron chi connectivity index (χ0n) is 31.4. The standard InChI is InChI=1S/C55H34N2O/c58-55-45-22-11-10-21-44(45)49-33-42(37-17-8-3-9-18-37)34-50-48-32-41(25-28-53(48)57(55)54(49)50)38-19-12-20-43(29-38)56-51-26-23-39(35-13-4-1-5-14-35)30-46(51)47-31-40(24-27-52(47)56)36-15-6-2-7-16-36/h1-34H. The molecule has 0 radical (unpaired) electrons. The highest BCUT2D eigenvalue weighted by Gasteiger charge is 2.20. The van der Waals surface area contributed by atoms with Crippen LogP contribution in [0.25, 0.3) is 110 Å². The summed E-state index contributed by atoms with van der Waals surface area (Å²) in [5.41, 5.74) is 14.6. The molecule has 3 heterocycles. The van der Waals surface area contributed by atoms with Gasteiger partial charge in [-0.3, -0.25) is 9.20 Å². The molecule has 0 aliphatic rings. The number of benzene rings is 9. The van der Waals surface area contributed by atoms with E-state index in [0.717, 1.165) is 76.9 Å². The highest BCUT2D eigenvalue weighted by atomic mass is 16.1. The van der Waals surface area contributed by atoms with Crippen LogP contribution in [0.3, 0.4) is 0 Å². The van der Waals surface area contributed by atoms with Crippen molar-refractivity contribution >= 4 is 59.8 Å². The molecule has 12 rings (SSSR count). The monoisotopic (exact) mass is 738 g/mol. The highest BCUT2D eigenvalue weighted by molar-refractivity contribution is 6.22. The van der Waals surface area contributed by atoms with E-state index in [1.54, 1.807) is 0 Å². The topological polar surface area (TPSA) is 26.4 Å². The molecule has 12 aromatic rings. The fourth-order valence-electron chi connectivity index (χ4n) is 9.31. The van der Waals surface area contributed by atoms with Gasteiger partial charge in [-0.05, 0) is 117 Å². The summed E-state index contributed by atoms with van der Waals surface area (Å²) in [6.45, 7) is 0. The Balaban J connectivity index is 1.07. The van der Waals surface area contributed by atoms with Crippen LogP contribution >= 0.6 is 0 Å². The lowest BCUT2D eigenvalue weighted by atomic mass is 9.97. The summed E-state index contributed by atoms with van der Waals surface area (Å²) in [5, 5.41) is 7.38. The van der Waals surface area contributed by atoms with E-state index >= 15 is 0 Å². The molecule has 9 aromatic carbocycles. The van der Waals surface area contributed by atoms with E-state index in [2.05, 4.69) is 193 Å². The molecule has 0 aliphatic carbocycles. The van der Waals surface area contributed by atoms with E-state index in [9.17, 15) is 4.79 Å². The van der Waals surface area contributed by atoms with E-state index in [1.807, 2.05) is 22.6 Å². The van der Waals surface area contributed by atoms with Crippen molar-refractivity contribution in [1.82, 2.24) is 8.97 Å². The molecular weight excluding hydrogens is 705 g/mol. The van der Waals surface area contributed by atoms with E-state index in [1.165, 1.54) is 33.0 Å². The Hall–Kier alpha value is -7.75. The highest BCUT2D eigenvalue weighted by Crippen LogP contribution is 2.41. The van der Waals surface area contributed by atoms with Crippen molar-refractivity contribution in [3.05, 3.63) is 217 Å². The lowest BCUT2D eigenvalue weighted by Gasteiger charge is -2.11. The number of aromatic nitrogens is 2. The smallest absolute Gasteiger partial charge is 0.263 e. The second kappa shape index (κ2) is 12.6. The van der Waals surface area contributed by atoms with Gasteiger partial charge in [0.2, 0.25) is 0 Å². The fraction of sp³-hybridized carbons (Fsp3) is 0. The molecule has 0 saturated carbocycles. The van der Waals surface area contributed by atoms with Gasteiger partial charge in [0.15, 0.2) is 0 Å². The molecule has 3 aromatic heterocycles. The average Bonchev–Trinajstić information content (AvgIpc) is 3.81. The van der Waals surface area contributed by atoms with Crippen molar-refractivity contribution < 1.29 is 0 Å². The number of rotatable bonds is 5. The first-order valence-corrected chi connectivity index (χ1v) is 19.8. The van der Waals surface area contributed by atoms with E-state index < -0.39 is 0 Å². The van der Waals surface area contributed by atoms with Crippen LogP contribution in [0, 0.1) is 0 Å². The summed E-state index contributed by atoms with van der Waals surface area (Å²) >= 11 is 0. The molecule has 0 saturated heterocycles. The van der Waals surface area contributed by atoms with Gasteiger partial charge in [-0.1, -0.05) is 140 Å². The third-order valence-electron chi connectivity index (χ3n) is 12.0. The van der Waals surface area contributed by atoms with Gasteiger partial charge in [0, 0.05) is 38.0 Å². The Morgan fingerprint density at radius 1 is 0.276 bits per heavy atom. The van der Waals surface area contributed by atoms with Gasteiger partial charge in [0.05, 0.1) is 22.1 Å². The van der Waals surface area contributed by atoms with Gasteiger partial charge in [0.25, 0.3) is 5.56 Å². The second-order valence-corrected chi connectivity index (χ2v) is 15.3. The minimum absolute atomic E-state index is 0.0162. The first-order valence-electron chi connectivity index (χ1n) is 19.8. The van der Waals surface area contributed by atoms with Gasteiger partial charge in [-0.25, -0.2) is 0 Å². The number of fused-ring (bicyclic) bond motifs is 8. The Bertz CT molecular complexity index is 3520. The van der Waals surface area contributed by atoms with Gasteiger partial charge < -0.3 is 4.57 Å². The molecular formula is C55H34N2O. The Morgan fingerprint density at radius 3 is 1.28 bits per heavy atom. The van der Waals surface area contributed by atoms with Crippen LogP contribution in [-0.2, 0) is 0 Å². The van der Waals surface area contributed by atoms with Crippen molar-refractivity contribution in [2.24, 2.45) is 0 Å². The number of nitrogens with zero attached hydrogens (tertiary/aromatic N) is 2. The predicted octanol–water partition coefficient (Wildman–Crippen LogP) is 14.0. The SMILES string of the molecule is O=c1c2ccccc2c2cc(-c3ccccc3)cc3c4cc(-c5cccc(-n6c7ccc(-c8ccccc8)cc7c7cc(-c8ccccc8)ccc76)c5)ccc4n1c23. The largest absolute Gasteiger partial charge is 0.309 e. The summed E-state index contributed by atoms with van der Waals surface area (Å²) in [4.78, 5) is 14.2. The van der Waals surface area contributed by atoms with Crippen LogP contribution in [0.5, 0.6) is 0 Å². The lowest BCUT2D eigenvalue weighted by molar-refractivity contribution is 1.18. The summed E-state index contributed by atoms with van der Waals surface area (Å²) in [6.07, 6.45) is 0. The maximum Gasteiger partial charge on any atom is 0.263 e.